The smallest absolute Gasteiger partial charge is 0.251 e. The second-order valence-electron chi connectivity index (χ2n) is 4.00. The molecule has 2 aromatic rings. The molecule has 1 amide bonds. The maximum Gasteiger partial charge on any atom is 0.251 e. The molecule has 1 aromatic carbocycles. The highest BCUT2D eigenvalue weighted by atomic mass is 19.2. The van der Waals surface area contributed by atoms with E-state index < -0.39 is 17.5 Å². The first-order chi connectivity index (χ1) is 9.54. The Morgan fingerprint density at radius 3 is 2.70 bits per heavy atom. The molecular weight excluding hydrogens is 266 g/mol. The zero-order valence-corrected chi connectivity index (χ0v) is 10.7. The molecule has 2 rings (SSSR count). The molecule has 1 heterocycles. The molecule has 0 aliphatic heterocycles. The maximum atomic E-state index is 13.5. The molecule has 3 N–H and O–H groups in total. The Hall–Kier alpha value is -2.57. The Kier molecular flexibility index (Phi) is 3.88. The fourth-order valence-electron chi connectivity index (χ4n) is 1.81. The van der Waals surface area contributed by atoms with Crippen LogP contribution < -0.4 is 11.1 Å². The summed E-state index contributed by atoms with van der Waals surface area (Å²) in [5.74, 6) is -2.75. The van der Waals surface area contributed by atoms with E-state index in [1.54, 1.807) is 6.92 Å². The Labute approximate surface area is 113 Å². The van der Waals surface area contributed by atoms with Gasteiger partial charge in [-0.1, -0.05) is 0 Å². The van der Waals surface area contributed by atoms with Crippen molar-refractivity contribution in [3.63, 3.8) is 0 Å². The van der Waals surface area contributed by atoms with Gasteiger partial charge in [0.2, 0.25) is 0 Å². The number of nitrogens with two attached hydrogens (primary N) is 1. The fourth-order valence-corrected chi connectivity index (χ4v) is 1.81. The van der Waals surface area contributed by atoms with E-state index in [0.717, 1.165) is 12.1 Å². The summed E-state index contributed by atoms with van der Waals surface area (Å²) in [6.07, 6.45) is 1.30. The van der Waals surface area contributed by atoms with Crippen LogP contribution in [0.15, 0.2) is 24.4 Å². The molecule has 0 saturated heterocycles. The number of rotatable bonds is 4. The zero-order chi connectivity index (χ0) is 14.7. The molecule has 0 fully saturated rings. The number of nitrogens with zero attached hydrogens (tertiary/aromatic N) is 2. The van der Waals surface area contributed by atoms with Crippen LogP contribution in [0.2, 0.25) is 0 Å². The summed E-state index contributed by atoms with van der Waals surface area (Å²) in [6, 6.07) is 3.35. The maximum absolute atomic E-state index is 13.5. The summed E-state index contributed by atoms with van der Waals surface area (Å²) < 4.78 is 26.8. The molecule has 5 nitrogen and oxygen atoms in total. The van der Waals surface area contributed by atoms with Gasteiger partial charge in [-0.2, -0.15) is 5.10 Å². The van der Waals surface area contributed by atoms with Crippen molar-refractivity contribution in [3.05, 3.63) is 41.6 Å². The molecule has 0 saturated carbocycles. The van der Waals surface area contributed by atoms with Crippen molar-refractivity contribution in [2.24, 2.45) is 5.73 Å². The average Bonchev–Trinajstić information content (AvgIpc) is 2.43. The van der Waals surface area contributed by atoms with Crippen molar-refractivity contribution in [2.75, 3.05) is 11.9 Å². The standard InChI is InChI=1S/C13H12F2N4O/c1-2-17-11-6-10(15)9(14)5-8(11)12-7(13(16)20)3-4-18-19-12/h3-6,17H,2H2,1H3,(H2,16,20). The van der Waals surface area contributed by atoms with Gasteiger partial charge in [0.1, 0.15) is 5.69 Å². The Morgan fingerprint density at radius 1 is 1.35 bits per heavy atom. The number of primary amides is 1. The normalized spacial score (nSPS) is 10.3. The summed E-state index contributed by atoms with van der Waals surface area (Å²) in [5, 5.41) is 10.3. The van der Waals surface area contributed by atoms with Crippen LogP contribution in [0.5, 0.6) is 0 Å². The van der Waals surface area contributed by atoms with Gasteiger partial charge in [0, 0.05) is 23.9 Å². The highest BCUT2D eigenvalue weighted by Gasteiger charge is 2.18. The molecule has 0 radical (unpaired) electrons. The molecule has 7 heteroatoms. The van der Waals surface area contributed by atoms with Crippen molar-refractivity contribution in [2.45, 2.75) is 6.92 Å². The van der Waals surface area contributed by atoms with Crippen LogP contribution in [0, 0.1) is 11.6 Å². The largest absolute Gasteiger partial charge is 0.385 e. The Bertz CT molecular complexity index is 661. The van der Waals surface area contributed by atoms with Crippen LogP contribution in [-0.4, -0.2) is 22.6 Å². The van der Waals surface area contributed by atoms with Gasteiger partial charge < -0.3 is 11.1 Å². The minimum Gasteiger partial charge on any atom is -0.385 e. The van der Waals surface area contributed by atoms with Gasteiger partial charge >= 0.3 is 0 Å². The lowest BCUT2D eigenvalue weighted by molar-refractivity contribution is 0.100. The number of halogens is 2. The molecular formula is C13H12F2N4O. The molecule has 0 aliphatic rings. The third-order valence-electron chi connectivity index (χ3n) is 2.67. The molecule has 104 valence electrons. The number of aromatic nitrogens is 2. The van der Waals surface area contributed by atoms with E-state index in [1.165, 1.54) is 12.3 Å². The highest BCUT2D eigenvalue weighted by Crippen LogP contribution is 2.30. The predicted octanol–water partition coefficient (Wildman–Crippen LogP) is 1.95. The summed E-state index contributed by atoms with van der Waals surface area (Å²) in [7, 11) is 0. The van der Waals surface area contributed by atoms with E-state index in [2.05, 4.69) is 15.5 Å². The van der Waals surface area contributed by atoms with E-state index >= 15 is 0 Å². The minimum atomic E-state index is -1.04. The van der Waals surface area contributed by atoms with Crippen LogP contribution in [0.4, 0.5) is 14.5 Å². The van der Waals surface area contributed by atoms with Crippen LogP contribution in [-0.2, 0) is 0 Å². The summed E-state index contributed by atoms with van der Waals surface area (Å²) in [5.41, 5.74) is 5.99. The topological polar surface area (TPSA) is 80.9 Å². The van der Waals surface area contributed by atoms with E-state index in [4.69, 9.17) is 5.73 Å². The third kappa shape index (κ3) is 2.56. The van der Waals surface area contributed by atoms with Crippen molar-refractivity contribution in [3.8, 4) is 11.3 Å². The van der Waals surface area contributed by atoms with Gasteiger partial charge in [-0.3, -0.25) is 4.79 Å². The molecule has 1 aromatic heterocycles. The Balaban J connectivity index is 2.68. The van der Waals surface area contributed by atoms with Gasteiger partial charge in [-0.05, 0) is 19.1 Å². The van der Waals surface area contributed by atoms with Gasteiger partial charge in [-0.15, -0.1) is 5.10 Å². The van der Waals surface area contributed by atoms with Crippen molar-refractivity contribution >= 4 is 11.6 Å². The predicted molar refractivity (Wildman–Crippen MR) is 70.1 cm³/mol. The highest BCUT2D eigenvalue weighted by molar-refractivity contribution is 6.00. The molecule has 20 heavy (non-hydrogen) atoms. The van der Waals surface area contributed by atoms with Crippen LogP contribution in [0.25, 0.3) is 11.3 Å². The van der Waals surface area contributed by atoms with E-state index in [-0.39, 0.29) is 16.8 Å². The first-order valence-corrected chi connectivity index (χ1v) is 5.89. The van der Waals surface area contributed by atoms with Gasteiger partial charge in [-0.25, -0.2) is 8.78 Å². The van der Waals surface area contributed by atoms with Gasteiger partial charge in [0.15, 0.2) is 11.6 Å². The van der Waals surface area contributed by atoms with Crippen molar-refractivity contribution in [1.29, 1.82) is 0 Å². The molecule has 0 aliphatic carbocycles. The number of hydrogen-bond acceptors (Lipinski definition) is 4. The quantitative estimate of drug-likeness (QED) is 0.895. The number of carbonyl (C=O) groups excluding carboxylic acids is 1. The summed E-state index contributed by atoms with van der Waals surface area (Å²) in [4.78, 5) is 11.4. The lowest BCUT2D eigenvalue weighted by atomic mass is 10.0. The monoisotopic (exact) mass is 278 g/mol. The van der Waals surface area contributed by atoms with Crippen molar-refractivity contribution < 1.29 is 13.6 Å². The summed E-state index contributed by atoms with van der Waals surface area (Å²) in [6.45, 7) is 2.29. The lowest BCUT2D eigenvalue weighted by Crippen LogP contribution is -2.14. The number of anilines is 1. The van der Waals surface area contributed by atoms with Crippen LogP contribution >= 0.6 is 0 Å². The zero-order valence-electron chi connectivity index (χ0n) is 10.7. The second-order valence-corrected chi connectivity index (χ2v) is 4.00. The van der Waals surface area contributed by atoms with E-state index in [0.29, 0.717) is 12.2 Å². The average molecular weight is 278 g/mol. The second kappa shape index (κ2) is 5.60. The summed E-state index contributed by atoms with van der Waals surface area (Å²) >= 11 is 0. The third-order valence-corrected chi connectivity index (χ3v) is 2.67. The van der Waals surface area contributed by atoms with Gasteiger partial charge in [0.05, 0.1) is 11.8 Å². The first kappa shape index (κ1) is 13.9. The molecule has 0 bridgehead atoms. The fraction of sp³-hybridized carbons (Fsp3) is 0.154. The molecule has 0 atom stereocenters. The molecule has 0 unspecified atom stereocenters. The molecule has 0 spiro atoms. The lowest BCUT2D eigenvalue weighted by Gasteiger charge is -2.12. The number of nitrogens with one attached hydrogen (secondary N) is 1. The first-order valence-electron chi connectivity index (χ1n) is 5.89. The van der Waals surface area contributed by atoms with Crippen LogP contribution in [0.1, 0.15) is 17.3 Å². The number of carbonyl (C=O) groups is 1. The van der Waals surface area contributed by atoms with E-state index in [1.807, 2.05) is 0 Å². The van der Waals surface area contributed by atoms with Crippen LogP contribution in [0.3, 0.4) is 0 Å². The minimum absolute atomic E-state index is 0.0881. The number of benzene rings is 1. The van der Waals surface area contributed by atoms with E-state index in [9.17, 15) is 13.6 Å². The SMILES string of the molecule is CCNc1cc(F)c(F)cc1-c1nnccc1C(N)=O. The number of hydrogen-bond donors (Lipinski definition) is 2. The number of amides is 1. The Morgan fingerprint density at radius 2 is 2.05 bits per heavy atom. The van der Waals surface area contributed by atoms with Gasteiger partial charge in [0.25, 0.3) is 5.91 Å². The van der Waals surface area contributed by atoms with Crippen molar-refractivity contribution in [1.82, 2.24) is 10.2 Å².